The maximum atomic E-state index is 11.8. The van der Waals surface area contributed by atoms with E-state index in [4.69, 9.17) is 9.15 Å². The van der Waals surface area contributed by atoms with Crippen molar-refractivity contribution in [2.75, 3.05) is 6.61 Å². The Morgan fingerprint density at radius 2 is 2.35 bits per heavy atom. The minimum absolute atomic E-state index is 0.146. The van der Waals surface area contributed by atoms with Crippen molar-refractivity contribution in [2.45, 2.75) is 25.5 Å². The molecule has 4 nitrogen and oxygen atoms in total. The third kappa shape index (κ3) is 2.13. The number of nitrogens with zero attached hydrogens (tertiary/aromatic N) is 1. The molecule has 1 aromatic heterocycles. The van der Waals surface area contributed by atoms with Crippen LogP contribution in [0.15, 0.2) is 27.4 Å². The summed E-state index contributed by atoms with van der Waals surface area (Å²) in [6.45, 7) is 1.39. The van der Waals surface area contributed by atoms with E-state index >= 15 is 0 Å². The van der Waals surface area contributed by atoms with Gasteiger partial charge in [0.25, 0.3) is 0 Å². The van der Waals surface area contributed by atoms with Gasteiger partial charge in [0.1, 0.15) is 0 Å². The van der Waals surface area contributed by atoms with E-state index in [1.54, 1.807) is 4.57 Å². The first-order valence-corrected chi connectivity index (χ1v) is 6.72. The van der Waals surface area contributed by atoms with Crippen LogP contribution < -0.4 is 5.76 Å². The van der Waals surface area contributed by atoms with E-state index < -0.39 is 0 Å². The molecule has 1 saturated heterocycles. The molecule has 17 heavy (non-hydrogen) atoms. The molecule has 90 valence electrons. The molecule has 3 rings (SSSR count). The van der Waals surface area contributed by atoms with Crippen LogP contribution >= 0.6 is 22.6 Å². The lowest BCUT2D eigenvalue weighted by molar-refractivity contribution is 0.0962. The lowest BCUT2D eigenvalue weighted by Crippen LogP contribution is -2.22. The SMILES string of the molecule is O=c1oc2cc(I)ccc2n1CC1CCCO1. The van der Waals surface area contributed by atoms with Gasteiger partial charge in [-0.15, -0.1) is 0 Å². The smallest absolute Gasteiger partial charge is 0.408 e. The van der Waals surface area contributed by atoms with Crippen LogP contribution in [0, 0.1) is 3.57 Å². The molecule has 1 aliphatic rings. The summed E-state index contributed by atoms with van der Waals surface area (Å²) in [5.74, 6) is -0.294. The van der Waals surface area contributed by atoms with E-state index in [2.05, 4.69) is 22.6 Å². The molecule has 2 heterocycles. The predicted molar refractivity (Wildman–Crippen MR) is 72.2 cm³/mol. The molecule has 0 spiro atoms. The normalized spacial score (nSPS) is 20.2. The minimum atomic E-state index is -0.294. The number of benzene rings is 1. The summed E-state index contributed by atoms with van der Waals surface area (Å²) in [5, 5.41) is 0. The Bertz CT molecular complexity index is 595. The van der Waals surface area contributed by atoms with Gasteiger partial charge in [-0.25, -0.2) is 4.79 Å². The highest BCUT2D eigenvalue weighted by Gasteiger charge is 2.19. The number of aromatic nitrogens is 1. The molecule has 0 bridgehead atoms. The molecule has 0 saturated carbocycles. The molecule has 2 aromatic rings. The van der Waals surface area contributed by atoms with Crippen molar-refractivity contribution in [2.24, 2.45) is 0 Å². The zero-order valence-electron chi connectivity index (χ0n) is 9.19. The Hall–Kier alpha value is -0.820. The monoisotopic (exact) mass is 345 g/mol. The van der Waals surface area contributed by atoms with Crippen molar-refractivity contribution in [1.29, 1.82) is 0 Å². The summed E-state index contributed by atoms with van der Waals surface area (Å²) in [7, 11) is 0. The number of rotatable bonds is 2. The lowest BCUT2D eigenvalue weighted by atomic mass is 10.2. The van der Waals surface area contributed by atoms with Crippen molar-refractivity contribution in [3.8, 4) is 0 Å². The summed E-state index contributed by atoms with van der Waals surface area (Å²) < 4.78 is 13.5. The summed E-state index contributed by atoms with van der Waals surface area (Å²) in [6.07, 6.45) is 2.24. The van der Waals surface area contributed by atoms with Gasteiger partial charge in [-0.05, 0) is 53.6 Å². The Morgan fingerprint density at radius 3 is 3.12 bits per heavy atom. The summed E-state index contributed by atoms with van der Waals surface area (Å²) in [4.78, 5) is 11.8. The largest absolute Gasteiger partial charge is 0.420 e. The van der Waals surface area contributed by atoms with Gasteiger partial charge in [0.05, 0.1) is 18.2 Å². The van der Waals surface area contributed by atoms with Crippen LogP contribution in [0.4, 0.5) is 0 Å². The van der Waals surface area contributed by atoms with Crippen LogP contribution in [0.5, 0.6) is 0 Å². The van der Waals surface area contributed by atoms with Gasteiger partial charge in [-0.3, -0.25) is 4.57 Å². The second-order valence-electron chi connectivity index (χ2n) is 4.23. The van der Waals surface area contributed by atoms with E-state index in [1.165, 1.54) is 0 Å². The number of hydrogen-bond donors (Lipinski definition) is 0. The fourth-order valence-electron chi connectivity index (χ4n) is 2.21. The average Bonchev–Trinajstić information content (AvgIpc) is 2.88. The van der Waals surface area contributed by atoms with E-state index in [1.807, 2.05) is 18.2 Å². The number of hydrogen-bond acceptors (Lipinski definition) is 3. The first-order chi connectivity index (χ1) is 8.24. The van der Waals surface area contributed by atoms with Gasteiger partial charge in [-0.1, -0.05) is 0 Å². The number of oxazole rings is 1. The highest BCUT2D eigenvalue weighted by molar-refractivity contribution is 14.1. The predicted octanol–water partition coefficient (Wildman–Crippen LogP) is 2.38. The fourth-order valence-corrected chi connectivity index (χ4v) is 2.67. The second-order valence-corrected chi connectivity index (χ2v) is 5.47. The van der Waals surface area contributed by atoms with Crippen molar-refractivity contribution < 1.29 is 9.15 Å². The Labute approximate surface area is 112 Å². The first kappa shape index (κ1) is 11.3. The van der Waals surface area contributed by atoms with Crippen molar-refractivity contribution >= 4 is 33.7 Å². The van der Waals surface area contributed by atoms with Gasteiger partial charge in [0.15, 0.2) is 5.58 Å². The minimum Gasteiger partial charge on any atom is -0.408 e. The Balaban J connectivity index is 2.02. The summed E-state index contributed by atoms with van der Waals surface area (Å²) in [6, 6.07) is 5.78. The van der Waals surface area contributed by atoms with Crippen molar-refractivity contribution in [3.63, 3.8) is 0 Å². The third-order valence-electron chi connectivity index (χ3n) is 3.04. The maximum absolute atomic E-state index is 11.8. The van der Waals surface area contributed by atoms with Crippen LogP contribution in [-0.2, 0) is 11.3 Å². The second kappa shape index (κ2) is 4.45. The molecule has 0 aliphatic carbocycles. The van der Waals surface area contributed by atoms with Crippen molar-refractivity contribution in [3.05, 3.63) is 32.3 Å². The standard InChI is InChI=1S/C12H12INO3/c13-8-3-4-10-11(6-8)17-12(15)14(10)7-9-2-1-5-16-9/h3-4,6,9H,1-2,5,7H2. The van der Waals surface area contributed by atoms with E-state index in [0.717, 1.165) is 28.5 Å². The van der Waals surface area contributed by atoms with Crippen LogP contribution in [0.1, 0.15) is 12.8 Å². The number of ether oxygens (including phenoxy) is 1. The Kier molecular flexibility index (Phi) is 2.96. The summed E-state index contributed by atoms with van der Waals surface area (Å²) in [5.41, 5.74) is 1.51. The molecule has 0 radical (unpaired) electrons. The molecule has 0 N–H and O–H groups in total. The highest BCUT2D eigenvalue weighted by Crippen LogP contribution is 2.19. The van der Waals surface area contributed by atoms with Crippen LogP contribution in [0.2, 0.25) is 0 Å². The van der Waals surface area contributed by atoms with Gasteiger partial charge < -0.3 is 9.15 Å². The maximum Gasteiger partial charge on any atom is 0.420 e. The van der Waals surface area contributed by atoms with Gasteiger partial charge in [0, 0.05) is 10.2 Å². The molecule has 1 fully saturated rings. The van der Waals surface area contributed by atoms with Crippen LogP contribution in [0.3, 0.4) is 0 Å². The van der Waals surface area contributed by atoms with E-state index in [0.29, 0.717) is 12.1 Å². The highest BCUT2D eigenvalue weighted by atomic mass is 127. The van der Waals surface area contributed by atoms with E-state index in [9.17, 15) is 4.79 Å². The van der Waals surface area contributed by atoms with Gasteiger partial charge in [-0.2, -0.15) is 0 Å². The zero-order valence-corrected chi connectivity index (χ0v) is 11.3. The molecular formula is C12H12INO3. The molecule has 1 unspecified atom stereocenters. The molecule has 5 heteroatoms. The molecular weight excluding hydrogens is 333 g/mol. The zero-order chi connectivity index (χ0) is 11.8. The third-order valence-corrected chi connectivity index (χ3v) is 3.71. The van der Waals surface area contributed by atoms with E-state index in [-0.39, 0.29) is 11.9 Å². The van der Waals surface area contributed by atoms with Crippen LogP contribution in [-0.4, -0.2) is 17.3 Å². The fraction of sp³-hybridized carbons (Fsp3) is 0.417. The van der Waals surface area contributed by atoms with Crippen LogP contribution in [0.25, 0.3) is 11.1 Å². The first-order valence-electron chi connectivity index (χ1n) is 5.64. The molecule has 1 aromatic carbocycles. The van der Waals surface area contributed by atoms with Gasteiger partial charge >= 0.3 is 5.76 Å². The Morgan fingerprint density at radius 1 is 1.47 bits per heavy atom. The molecule has 1 atom stereocenters. The number of halogens is 1. The molecule has 0 amide bonds. The summed E-state index contributed by atoms with van der Waals surface area (Å²) >= 11 is 2.20. The van der Waals surface area contributed by atoms with Gasteiger partial charge in [0.2, 0.25) is 0 Å². The average molecular weight is 345 g/mol. The molecule has 1 aliphatic heterocycles. The topological polar surface area (TPSA) is 44.4 Å². The number of fused-ring (bicyclic) bond motifs is 1. The van der Waals surface area contributed by atoms with Crippen molar-refractivity contribution in [1.82, 2.24) is 4.57 Å². The quantitative estimate of drug-likeness (QED) is 0.785. The lowest BCUT2D eigenvalue weighted by Gasteiger charge is -2.09.